The summed E-state index contributed by atoms with van der Waals surface area (Å²) in [5, 5.41) is 0. The fraction of sp³-hybridized carbons (Fsp3) is 0.550. The number of esters is 1. The zero-order valence-electron chi connectivity index (χ0n) is 15.9. The lowest BCUT2D eigenvalue weighted by atomic mass is 10.0. The summed E-state index contributed by atoms with van der Waals surface area (Å²) in [4.78, 5) is 38.6. The van der Waals surface area contributed by atoms with E-state index in [2.05, 4.69) is 0 Å². The van der Waals surface area contributed by atoms with Crippen LogP contribution in [0.25, 0.3) is 0 Å². The molecule has 0 fully saturated rings. The fourth-order valence-electron chi connectivity index (χ4n) is 2.81. The van der Waals surface area contributed by atoms with Crippen LogP contribution in [0, 0.1) is 5.92 Å². The molecule has 1 aliphatic heterocycles. The number of benzene rings is 1. The van der Waals surface area contributed by atoms with Crippen LogP contribution in [0.5, 0.6) is 5.75 Å². The molecular weight excluding hydrogens is 334 g/mol. The van der Waals surface area contributed by atoms with Gasteiger partial charge in [0.1, 0.15) is 12.3 Å². The standard InChI is InChI=1S/C20H27NO5/c1-5-7-16(22)14-8-9-17-15(11-14)21(12-18(23)25-10-6-2)20(24)19(26-17)13(3)4/h8-9,11,13,19H,5-7,10,12H2,1-4H3. The number of carbonyl (C=O) groups excluding carboxylic acids is 3. The molecule has 0 saturated heterocycles. The van der Waals surface area contributed by atoms with Gasteiger partial charge < -0.3 is 9.47 Å². The van der Waals surface area contributed by atoms with Gasteiger partial charge in [-0.2, -0.15) is 0 Å². The minimum Gasteiger partial charge on any atom is -0.478 e. The van der Waals surface area contributed by atoms with E-state index in [9.17, 15) is 14.4 Å². The lowest BCUT2D eigenvalue weighted by molar-refractivity contribution is -0.143. The molecule has 6 nitrogen and oxygen atoms in total. The normalized spacial score (nSPS) is 16.3. The molecule has 1 atom stereocenters. The van der Waals surface area contributed by atoms with Crippen LogP contribution in [0.3, 0.4) is 0 Å². The highest BCUT2D eigenvalue weighted by Crippen LogP contribution is 2.36. The summed E-state index contributed by atoms with van der Waals surface area (Å²) in [5.74, 6) is -0.310. The lowest BCUT2D eigenvalue weighted by Crippen LogP contribution is -2.50. The number of amides is 1. The van der Waals surface area contributed by atoms with Crippen LogP contribution in [0.4, 0.5) is 5.69 Å². The van der Waals surface area contributed by atoms with E-state index in [1.54, 1.807) is 18.2 Å². The number of ether oxygens (including phenoxy) is 2. The highest BCUT2D eigenvalue weighted by molar-refractivity contribution is 6.05. The molecule has 2 rings (SSSR count). The number of hydrogen-bond acceptors (Lipinski definition) is 5. The first kappa shape index (κ1) is 19.9. The molecule has 26 heavy (non-hydrogen) atoms. The Morgan fingerprint density at radius 3 is 2.58 bits per heavy atom. The van der Waals surface area contributed by atoms with Crippen LogP contribution in [-0.4, -0.2) is 36.9 Å². The van der Waals surface area contributed by atoms with E-state index >= 15 is 0 Å². The molecule has 0 radical (unpaired) electrons. The lowest BCUT2D eigenvalue weighted by Gasteiger charge is -2.35. The first-order chi connectivity index (χ1) is 12.4. The first-order valence-corrected chi connectivity index (χ1v) is 9.19. The average molecular weight is 361 g/mol. The minimum absolute atomic E-state index is 0.00208. The zero-order valence-corrected chi connectivity index (χ0v) is 15.9. The number of Topliss-reactive ketones (excluding diaryl/α,β-unsaturated/α-hetero) is 1. The molecule has 6 heteroatoms. The topological polar surface area (TPSA) is 72.9 Å². The Morgan fingerprint density at radius 1 is 1.23 bits per heavy atom. The zero-order chi connectivity index (χ0) is 19.3. The number of hydrogen-bond donors (Lipinski definition) is 0. The van der Waals surface area contributed by atoms with Crippen molar-refractivity contribution in [2.75, 3.05) is 18.1 Å². The van der Waals surface area contributed by atoms with Crippen LogP contribution >= 0.6 is 0 Å². The Balaban J connectivity index is 2.37. The number of fused-ring (bicyclic) bond motifs is 1. The maximum absolute atomic E-state index is 12.9. The third-order valence-electron chi connectivity index (χ3n) is 4.17. The molecule has 0 bridgehead atoms. The van der Waals surface area contributed by atoms with Crippen LogP contribution in [0.2, 0.25) is 0 Å². The second kappa shape index (κ2) is 8.83. The van der Waals surface area contributed by atoms with Gasteiger partial charge in [0.05, 0.1) is 12.3 Å². The van der Waals surface area contributed by atoms with Crippen molar-refractivity contribution in [3.63, 3.8) is 0 Å². The summed E-state index contributed by atoms with van der Waals surface area (Å²) in [5.41, 5.74) is 0.958. The number of anilines is 1. The van der Waals surface area contributed by atoms with E-state index in [1.165, 1.54) is 4.90 Å². The van der Waals surface area contributed by atoms with Gasteiger partial charge in [-0.05, 0) is 37.0 Å². The van der Waals surface area contributed by atoms with Crippen molar-refractivity contribution in [3.8, 4) is 5.75 Å². The van der Waals surface area contributed by atoms with Gasteiger partial charge in [0.15, 0.2) is 11.9 Å². The number of rotatable bonds is 8. The highest BCUT2D eigenvalue weighted by Gasteiger charge is 2.37. The van der Waals surface area contributed by atoms with E-state index in [1.807, 2.05) is 27.7 Å². The second-order valence-electron chi connectivity index (χ2n) is 6.78. The SMILES string of the molecule is CCCOC(=O)CN1C(=O)C(C(C)C)Oc2ccc(C(=O)CCC)cc21. The Hall–Kier alpha value is -2.37. The van der Waals surface area contributed by atoms with Crippen LogP contribution < -0.4 is 9.64 Å². The van der Waals surface area contributed by atoms with E-state index in [0.717, 1.165) is 6.42 Å². The van der Waals surface area contributed by atoms with Gasteiger partial charge in [-0.25, -0.2) is 0 Å². The molecule has 142 valence electrons. The van der Waals surface area contributed by atoms with E-state index in [-0.39, 0.29) is 24.2 Å². The Labute approximate surface area is 154 Å². The van der Waals surface area contributed by atoms with Gasteiger partial charge in [-0.15, -0.1) is 0 Å². The van der Waals surface area contributed by atoms with Gasteiger partial charge in [-0.3, -0.25) is 19.3 Å². The Bertz CT molecular complexity index is 683. The third-order valence-corrected chi connectivity index (χ3v) is 4.17. The summed E-state index contributed by atoms with van der Waals surface area (Å²) in [6.45, 7) is 7.74. The molecule has 0 N–H and O–H groups in total. The number of ketones is 1. The van der Waals surface area contributed by atoms with Crippen molar-refractivity contribution < 1.29 is 23.9 Å². The fourth-order valence-corrected chi connectivity index (χ4v) is 2.81. The molecule has 0 saturated carbocycles. The van der Waals surface area contributed by atoms with Crippen molar-refractivity contribution in [2.24, 2.45) is 5.92 Å². The maximum Gasteiger partial charge on any atom is 0.326 e. The van der Waals surface area contributed by atoms with E-state index < -0.39 is 12.1 Å². The molecule has 1 amide bonds. The monoisotopic (exact) mass is 361 g/mol. The predicted octanol–water partition coefficient (Wildman–Crippen LogP) is 3.37. The smallest absolute Gasteiger partial charge is 0.326 e. The van der Waals surface area contributed by atoms with Crippen molar-refractivity contribution in [2.45, 2.75) is 53.1 Å². The summed E-state index contributed by atoms with van der Waals surface area (Å²) in [6, 6.07) is 5.04. The summed E-state index contributed by atoms with van der Waals surface area (Å²) < 4.78 is 11.0. The van der Waals surface area contributed by atoms with E-state index in [0.29, 0.717) is 36.4 Å². The van der Waals surface area contributed by atoms with Crippen molar-refractivity contribution in [1.82, 2.24) is 0 Å². The summed E-state index contributed by atoms with van der Waals surface area (Å²) in [6.07, 6.45) is 1.22. The van der Waals surface area contributed by atoms with E-state index in [4.69, 9.17) is 9.47 Å². The van der Waals surface area contributed by atoms with Crippen LogP contribution in [0.15, 0.2) is 18.2 Å². The Kier molecular flexibility index (Phi) is 6.77. The molecular formula is C20H27NO5. The average Bonchev–Trinajstić information content (AvgIpc) is 2.61. The second-order valence-corrected chi connectivity index (χ2v) is 6.78. The van der Waals surface area contributed by atoms with Gasteiger partial charge in [0, 0.05) is 12.0 Å². The van der Waals surface area contributed by atoms with Gasteiger partial charge >= 0.3 is 5.97 Å². The highest BCUT2D eigenvalue weighted by atomic mass is 16.5. The minimum atomic E-state index is -0.668. The third kappa shape index (κ3) is 4.42. The van der Waals surface area contributed by atoms with Crippen molar-refractivity contribution >= 4 is 23.3 Å². The number of carbonyl (C=O) groups is 3. The number of nitrogens with zero attached hydrogens (tertiary/aromatic N) is 1. The quantitative estimate of drug-likeness (QED) is 0.524. The van der Waals surface area contributed by atoms with Gasteiger partial charge in [0.25, 0.3) is 5.91 Å². The molecule has 0 aliphatic carbocycles. The molecule has 0 spiro atoms. The molecule has 1 aromatic carbocycles. The Morgan fingerprint density at radius 2 is 1.96 bits per heavy atom. The van der Waals surface area contributed by atoms with Gasteiger partial charge in [0.2, 0.25) is 0 Å². The molecule has 1 aliphatic rings. The first-order valence-electron chi connectivity index (χ1n) is 9.19. The van der Waals surface area contributed by atoms with Gasteiger partial charge in [-0.1, -0.05) is 27.7 Å². The summed E-state index contributed by atoms with van der Waals surface area (Å²) >= 11 is 0. The maximum atomic E-state index is 12.9. The molecule has 0 aromatic heterocycles. The van der Waals surface area contributed by atoms with Crippen LogP contribution in [0.1, 0.15) is 57.3 Å². The van der Waals surface area contributed by atoms with Crippen molar-refractivity contribution in [1.29, 1.82) is 0 Å². The largest absolute Gasteiger partial charge is 0.478 e. The molecule has 1 unspecified atom stereocenters. The van der Waals surface area contributed by atoms with Crippen LogP contribution in [-0.2, 0) is 14.3 Å². The summed E-state index contributed by atoms with van der Waals surface area (Å²) in [7, 11) is 0. The predicted molar refractivity (Wildman–Crippen MR) is 98.5 cm³/mol. The van der Waals surface area contributed by atoms with Crippen molar-refractivity contribution in [3.05, 3.63) is 23.8 Å². The molecule has 1 aromatic rings. The molecule has 1 heterocycles.